The topological polar surface area (TPSA) is 9.23 Å². The molecule has 0 spiro atoms. The Hall–Kier alpha value is -0.0831. The molecule has 0 fully saturated rings. The van der Waals surface area contributed by atoms with Crippen LogP contribution in [0.1, 0.15) is 54.9 Å². The zero-order chi connectivity index (χ0) is 12.8. The third kappa shape index (κ3) is 3.74. The van der Waals surface area contributed by atoms with Crippen LogP contribution in [0.15, 0.2) is 12.2 Å². The highest BCUT2D eigenvalue weighted by molar-refractivity contribution is 6.77. The van der Waals surface area contributed by atoms with E-state index in [9.17, 15) is 0 Å². The third-order valence-electron chi connectivity index (χ3n) is 3.58. The van der Waals surface area contributed by atoms with Crippen LogP contribution < -0.4 is 0 Å². The molecule has 96 valence electrons. The molecule has 0 bridgehead atoms. The van der Waals surface area contributed by atoms with Gasteiger partial charge in [0, 0.05) is 6.61 Å². The summed E-state index contributed by atoms with van der Waals surface area (Å²) < 4.78 is 6.40. The van der Waals surface area contributed by atoms with Crippen molar-refractivity contribution in [3.63, 3.8) is 0 Å². The van der Waals surface area contributed by atoms with E-state index in [-0.39, 0.29) is 0 Å². The SMILES string of the molecule is CC=CCCO[Si](C(C)C)(C(C)C)C(C)C. The monoisotopic (exact) mass is 242 g/mol. The molecule has 0 N–H and O–H groups in total. The molecule has 0 aromatic heterocycles. The van der Waals surface area contributed by atoms with Gasteiger partial charge in [0.15, 0.2) is 8.32 Å². The van der Waals surface area contributed by atoms with Crippen LogP contribution in [-0.2, 0) is 4.43 Å². The zero-order valence-corrected chi connectivity index (χ0v) is 13.2. The van der Waals surface area contributed by atoms with Crippen LogP contribution in [-0.4, -0.2) is 14.9 Å². The minimum atomic E-state index is -1.61. The molecule has 0 aromatic carbocycles. The fourth-order valence-electron chi connectivity index (χ4n) is 2.97. The minimum absolute atomic E-state index is 0.693. The molecule has 0 heterocycles. The standard InChI is InChI=1S/C14H30OSi/c1-8-9-10-11-15-16(12(2)3,13(4)5)14(6)7/h8-9,12-14H,10-11H2,1-7H3. The summed E-state index contributed by atoms with van der Waals surface area (Å²) in [6, 6.07) is 0. The van der Waals surface area contributed by atoms with Crippen molar-refractivity contribution < 1.29 is 4.43 Å². The Labute approximate surface area is 103 Å². The molecule has 0 aliphatic carbocycles. The van der Waals surface area contributed by atoms with Crippen molar-refractivity contribution in [2.45, 2.75) is 71.5 Å². The first-order chi connectivity index (χ1) is 7.39. The molecule has 0 aromatic rings. The lowest BCUT2D eigenvalue weighted by atomic mass is 10.4. The van der Waals surface area contributed by atoms with Gasteiger partial charge < -0.3 is 4.43 Å². The van der Waals surface area contributed by atoms with Gasteiger partial charge in [-0.3, -0.25) is 0 Å². The summed E-state index contributed by atoms with van der Waals surface area (Å²) in [6.45, 7) is 17.0. The van der Waals surface area contributed by atoms with E-state index in [1.54, 1.807) is 0 Å². The van der Waals surface area contributed by atoms with Crippen LogP contribution in [0.2, 0.25) is 16.6 Å². The molecule has 0 saturated carbocycles. The van der Waals surface area contributed by atoms with Crippen LogP contribution in [0.3, 0.4) is 0 Å². The lowest BCUT2D eigenvalue weighted by Crippen LogP contribution is -2.47. The van der Waals surface area contributed by atoms with E-state index in [1.165, 1.54) is 0 Å². The van der Waals surface area contributed by atoms with Crippen LogP contribution >= 0.6 is 0 Å². The maximum Gasteiger partial charge on any atom is 0.200 e. The first-order valence-corrected chi connectivity index (χ1v) is 8.78. The summed E-state index contributed by atoms with van der Waals surface area (Å²) in [5.74, 6) is 0. The Morgan fingerprint density at radius 1 is 0.938 bits per heavy atom. The van der Waals surface area contributed by atoms with E-state index in [4.69, 9.17) is 4.43 Å². The summed E-state index contributed by atoms with van der Waals surface area (Å²) in [4.78, 5) is 0. The van der Waals surface area contributed by atoms with E-state index in [1.807, 2.05) is 0 Å². The van der Waals surface area contributed by atoms with Crippen molar-refractivity contribution in [1.82, 2.24) is 0 Å². The summed E-state index contributed by atoms with van der Waals surface area (Å²) in [7, 11) is -1.61. The van der Waals surface area contributed by atoms with Gasteiger partial charge in [-0.15, -0.1) is 0 Å². The molecular weight excluding hydrogens is 212 g/mol. The molecule has 0 saturated heterocycles. The summed E-state index contributed by atoms with van der Waals surface area (Å²) >= 11 is 0. The number of hydrogen-bond donors (Lipinski definition) is 0. The molecule has 0 aliphatic heterocycles. The molecule has 0 atom stereocenters. The van der Waals surface area contributed by atoms with Gasteiger partial charge in [-0.1, -0.05) is 53.7 Å². The maximum absolute atomic E-state index is 6.40. The quantitative estimate of drug-likeness (QED) is 0.341. The predicted molar refractivity (Wildman–Crippen MR) is 76.4 cm³/mol. The molecule has 2 heteroatoms. The Morgan fingerprint density at radius 3 is 1.69 bits per heavy atom. The van der Waals surface area contributed by atoms with E-state index in [2.05, 4.69) is 60.6 Å². The first kappa shape index (κ1) is 15.9. The molecular formula is C14H30OSi. The largest absolute Gasteiger partial charge is 0.416 e. The van der Waals surface area contributed by atoms with Gasteiger partial charge in [-0.2, -0.15) is 0 Å². The van der Waals surface area contributed by atoms with Crippen LogP contribution in [0, 0.1) is 0 Å². The Kier molecular flexibility index (Phi) is 7.25. The van der Waals surface area contributed by atoms with Crippen molar-refractivity contribution in [3.8, 4) is 0 Å². The fraction of sp³-hybridized carbons (Fsp3) is 0.857. The van der Waals surface area contributed by atoms with Crippen molar-refractivity contribution in [1.29, 1.82) is 0 Å². The average Bonchev–Trinajstić information content (AvgIpc) is 2.16. The molecule has 0 unspecified atom stereocenters. The van der Waals surface area contributed by atoms with Gasteiger partial charge in [0.1, 0.15) is 0 Å². The lowest BCUT2D eigenvalue weighted by molar-refractivity contribution is 0.284. The first-order valence-electron chi connectivity index (χ1n) is 6.64. The molecule has 0 rings (SSSR count). The Bertz CT molecular complexity index is 185. The van der Waals surface area contributed by atoms with Crippen molar-refractivity contribution in [2.24, 2.45) is 0 Å². The highest BCUT2D eigenvalue weighted by Crippen LogP contribution is 2.42. The smallest absolute Gasteiger partial charge is 0.200 e. The van der Waals surface area contributed by atoms with Gasteiger partial charge >= 0.3 is 0 Å². The number of rotatable bonds is 7. The van der Waals surface area contributed by atoms with E-state index in [0.29, 0.717) is 16.6 Å². The number of hydrogen-bond acceptors (Lipinski definition) is 1. The van der Waals surface area contributed by atoms with Crippen molar-refractivity contribution in [3.05, 3.63) is 12.2 Å². The van der Waals surface area contributed by atoms with E-state index >= 15 is 0 Å². The minimum Gasteiger partial charge on any atom is -0.416 e. The Morgan fingerprint density at radius 2 is 1.38 bits per heavy atom. The van der Waals surface area contributed by atoms with E-state index in [0.717, 1.165) is 13.0 Å². The van der Waals surface area contributed by atoms with Gasteiger partial charge in [0.25, 0.3) is 0 Å². The zero-order valence-electron chi connectivity index (χ0n) is 12.2. The maximum atomic E-state index is 6.40. The predicted octanol–water partition coefficient (Wildman–Crippen LogP) is 5.14. The van der Waals surface area contributed by atoms with Gasteiger partial charge in [0.05, 0.1) is 0 Å². The fourth-order valence-corrected chi connectivity index (χ4v) is 8.44. The lowest BCUT2D eigenvalue weighted by Gasteiger charge is -2.42. The summed E-state index contributed by atoms with van der Waals surface area (Å²) in [5.41, 5.74) is 2.08. The normalized spacial score (nSPS) is 13.6. The number of allylic oxidation sites excluding steroid dienone is 1. The van der Waals surface area contributed by atoms with E-state index < -0.39 is 8.32 Å². The van der Waals surface area contributed by atoms with Crippen LogP contribution in [0.4, 0.5) is 0 Å². The molecule has 0 aliphatic rings. The van der Waals surface area contributed by atoms with Gasteiger partial charge in [-0.05, 0) is 30.0 Å². The van der Waals surface area contributed by atoms with Crippen LogP contribution in [0.5, 0.6) is 0 Å². The highest BCUT2D eigenvalue weighted by Gasteiger charge is 2.44. The van der Waals surface area contributed by atoms with Gasteiger partial charge in [-0.25, -0.2) is 0 Å². The molecule has 0 radical (unpaired) electrons. The third-order valence-corrected chi connectivity index (χ3v) is 9.70. The Balaban J connectivity index is 4.64. The average molecular weight is 242 g/mol. The summed E-state index contributed by atoms with van der Waals surface area (Å²) in [5, 5.41) is 0. The van der Waals surface area contributed by atoms with Gasteiger partial charge in [0.2, 0.25) is 0 Å². The molecule has 16 heavy (non-hydrogen) atoms. The summed E-state index contributed by atoms with van der Waals surface area (Å²) in [6.07, 6.45) is 5.35. The highest BCUT2D eigenvalue weighted by atomic mass is 28.4. The second kappa shape index (κ2) is 7.28. The molecule has 0 amide bonds. The molecule has 1 nitrogen and oxygen atoms in total. The second-order valence-corrected chi connectivity index (χ2v) is 11.0. The van der Waals surface area contributed by atoms with Crippen molar-refractivity contribution >= 4 is 8.32 Å². The van der Waals surface area contributed by atoms with Crippen molar-refractivity contribution in [2.75, 3.05) is 6.61 Å². The van der Waals surface area contributed by atoms with Crippen LogP contribution in [0.25, 0.3) is 0 Å². The second-order valence-electron chi connectivity index (χ2n) is 5.52.